The quantitative estimate of drug-likeness (QED) is 0.709. The number of piperazine rings is 1. The van der Waals surface area contributed by atoms with Crippen LogP contribution >= 0.6 is 0 Å². The largest absolute Gasteiger partial charge is 0.459 e. The van der Waals surface area contributed by atoms with Gasteiger partial charge in [0.25, 0.3) is 0 Å². The maximum absolute atomic E-state index is 11.7. The summed E-state index contributed by atoms with van der Waals surface area (Å²) in [6, 6.07) is 0. The molecule has 0 N–H and O–H groups in total. The van der Waals surface area contributed by atoms with Crippen LogP contribution in [0.1, 0.15) is 33.6 Å². The molecule has 2 rings (SSSR count). The van der Waals surface area contributed by atoms with Gasteiger partial charge in [-0.2, -0.15) is 0 Å². The van der Waals surface area contributed by atoms with Gasteiger partial charge in [0.05, 0.1) is 6.54 Å². The topological polar surface area (TPSA) is 32.8 Å². The zero-order valence-corrected chi connectivity index (χ0v) is 11.9. The summed E-state index contributed by atoms with van der Waals surface area (Å²) in [5.74, 6) is 0.862. The number of rotatable bonds is 4. The zero-order chi connectivity index (χ0) is 13.2. The standard InChI is InChI=1S/C14H26N2O2/c1-14(2,3)18-13(17)11-16-8-6-15(7-9-16)10-12-4-5-12/h12H,4-11H2,1-3H3. The van der Waals surface area contributed by atoms with E-state index in [9.17, 15) is 4.79 Å². The predicted octanol–water partition coefficient (Wildman–Crippen LogP) is 1.36. The van der Waals surface area contributed by atoms with Crippen molar-refractivity contribution in [2.75, 3.05) is 39.3 Å². The van der Waals surface area contributed by atoms with Gasteiger partial charge in [-0.25, -0.2) is 0 Å². The van der Waals surface area contributed by atoms with Crippen molar-refractivity contribution in [1.82, 2.24) is 9.80 Å². The second-order valence-corrected chi connectivity index (χ2v) is 6.61. The summed E-state index contributed by atoms with van der Waals surface area (Å²) in [7, 11) is 0. The molecule has 1 saturated carbocycles. The van der Waals surface area contributed by atoms with Gasteiger partial charge in [0.1, 0.15) is 5.60 Å². The highest BCUT2D eigenvalue weighted by atomic mass is 16.6. The number of nitrogens with zero attached hydrogens (tertiary/aromatic N) is 2. The van der Waals surface area contributed by atoms with Crippen LogP contribution in [0.15, 0.2) is 0 Å². The van der Waals surface area contributed by atoms with Crippen molar-refractivity contribution in [2.24, 2.45) is 5.92 Å². The van der Waals surface area contributed by atoms with Crippen molar-refractivity contribution in [3.05, 3.63) is 0 Å². The second-order valence-electron chi connectivity index (χ2n) is 6.61. The van der Waals surface area contributed by atoms with E-state index in [4.69, 9.17) is 4.74 Å². The molecule has 0 radical (unpaired) electrons. The molecular weight excluding hydrogens is 228 g/mol. The molecule has 0 aromatic carbocycles. The molecule has 0 spiro atoms. The third kappa shape index (κ3) is 4.94. The highest BCUT2D eigenvalue weighted by Crippen LogP contribution is 2.29. The van der Waals surface area contributed by atoms with E-state index in [2.05, 4.69) is 9.80 Å². The number of carbonyl (C=O) groups is 1. The number of hydrogen-bond donors (Lipinski definition) is 0. The van der Waals surface area contributed by atoms with Crippen LogP contribution in [0.25, 0.3) is 0 Å². The van der Waals surface area contributed by atoms with Crippen molar-refractivity contribution in [2.45, 2.75) is 39.2 Å². The lowest BCUT2D eigenvalue weighted by molar-refractivity contribution is -0.156. The minimum Gasteiger partial charge on any atom is -0.459 e. The van der Waals surface area contributed by atoms with E-state index in [1.165, 1.54) is 19.4 Å². The first-order valence-corrected chi connectivity index (χ1v) is 7.09. The molecule has 1 aliphatic heterocycles. The number of ether oxygens (including phenoxy) is 1. The Kier molecular flexibility index (Phi) is 4.28. The van der Waals surface area contributed by atoms with Gasteiger partial charge in [-0.15, -0.1) is 0 Å². The van der Waals surface area contributed by atoms with Crippen LogP contribution in [-0.4, -0.2) is 60.6 Å². The Bertz CT molecular complexity index is 287. The Morgan fingerprint density at radius 3 is 2.17 bits per heavy atom. The summed E-state index contributed by atoms with van der Waals surface area (Å²) in [5.41, 5.74) is -0.370. The summed E-state index contributed by atoms with van der Waals surface area (Å²) >= 11 is 0. The molecular formula is C14H26N2O2. The second kappa shape index (κ2) is 5.57. The Hall–Kier alpha value is -0.610. The molecule has 0 aromatic heterocycles. The van der Waals surface area contributed by atoms with E-state index < -0.39 is 0 Å². The fraction of sp³-hybridized carbons (Fsp3) is 0.929. The molecule has 0 bridgehead atoms. The average molecular weight is 254 g/mol. The van der Waals surface area contributed by atoms with Crippen LogP contribution in [0.2, 0.25) is 0 Å². The van der Waals surface area contributed by atoms with Gasteiger partial charge < -0.3 is 9.64 Å². The van der Waals surface area contributed by atoms with E-state index in [0.29, 0.717) is 6.54 Å². The molecule has 0 atom stereocenters. The van der Waals surface area contributed by atoms with Crippen molar-refractivity contribution in [3.8, 4) is 0 Å². The minimum absolute atomic E-state index is 0.0989. The smallest absolute Gasteiger partial charge is 0.320 e. The van der Waals surface area contributed by atoms with Gasteiger partial charge in [0, 0.05) is 32.7 Å². The molecule has 4 nitrogen and oxygen atoms in total. The molecule has 0 amide bonds. The monoisotopic (exact) mass is 254 g/mol. The summed E-state index contributed by atoms with van der Waals surface area (Å²) in [5, 5.41) is 0. The highest BCUT2D eigenvalue weighted by molar-refractivity contribution is 5.72. The zero-order valence-electron chi connectivity index (χ0n) is 11.9. The lowest BCUT2D eigenvalue weighted by atomic mass is 10.2. The van der Waals surface area contributed by atoms with Crippen LogP contribution in [-0.2, 0) is 9.53 Å². The number of esters is 1. The van der Waals surface area contributed by atoms with E-state index in [0.717, 1.165) is 32.1 Å². The lowest BCUT2D eigenvalue weighted by Gasteiger charge is -2.34. The van der Waals surface area contributed by atoms with Crippen molar-refractivity contribution in [3.63, 3.8) is 0 Å². The van der Waals surface area contributed by atoms with Gasteiger partial charge in [-0.3, -0.25) is 9.69 Å². The Morgan fingerprint density at radius 2 is 1.67 bits per heavy atom. The van der Waals surface area contributed by atoms with Crippen LogP contribution in [0, 0.1) is 5.92 Å². The molecule has 0 aromatic rings. The predicted molar refractivity (Wildman–Crippen MR) is 71.4 cm³/mol. The molecule has 1 heterocycles. The van der Waals surface area contributed by atoms with Gasteiger partial charge in [0.2, 0.25) is 0 Å². The molecule has 2 aliphatic rings. The van der Waals surface area contributed by atoms with Crippen molar-refractivity contribution >= 4 is 5.97 Å². The molecule has 2 fully saturated rings. The van der Waals surface area contributed by atoms with E-state index in [1.54, 1.807) is 0 Å². The average Bonchev–Trinajstić information content (AvgIpc) is 3.02. The normalized spacial score (nSPS) is 23.1. The first-order chi connectivity index (χ1) is 8.42. The SMILES string of the molecule is CC(C)(C)OC(=O)CN1CCN(CC2CC2)CC1. The summed E-state index contributed by atoms with van der Waals surface area (Å²) < 4.78 is 5.35. The van der Waals surface area contributed by atoms with Crippen LogP contribution in [0.5, 0.6) is 0 Å². The molecule has 18 heavy (non-hydrogen) atoms. The Morgan fingerprint density at radius 1 is 1.11 bits per heavy atom. The summed E-state index contributed by atoms with van der Waals surface area (Å²) in [6.07, 6.45) is 2.83. The maximum Gasteiger partial charge on any atom is 0.320 e. The van der Waals surface area contributed by atoms with E-state index >= 15 is 0 Å². The lowest BCUT2D eigenvalue weighted by Crippen LogP contribution is -2.49. The molecule has 4 heteroatoms. The number of hydrogen-bond acceptors (Lipinski definition) is 4. The van der Waals surface area contributed by atoms with Crippen LogP contribution < -0.4 is 0 Å². The van der Waals surface area contributed by atoms with Crippen LogP contribution in [0.3, 0.4) is 0 Å². The summed E-state index contributed by atoms with van der Waals surface area (Å²) in [6.45, 7) is 11.6. The molecule has 0 unspecified atom stereocenters. The third-order valence-corrected chi connectivity index (χ3v) is 3.45. The van der Waals surface area contributed by atoms with Gasteiger partial charge >= 0.3 is 5.97 Å². The fourth-order valence-electron chi connectivity index (χ4n) is 2.35. The maximum atomic E-state index is 11.7. The first kappa shape index (κ1) is 13.8. The van der Waals surface area contributed by atoms with E-state index in [1.807, 2.05) is 20.8 Å². The van der Waals surface area contributed by atoms with Crippen LogP contribution in [0.4, 0.5) is 0 Å². The third-order valence-electron chi connectivity index (χ3n) is 3.45. The van der Waals surface area contributed by atoms with Gasteiger partial charge in [-0.05, 0) is 39.5 Å². The molecule has 1 aliphatic carbocycles. The van der Waals surface area contributed by atoms with E-state index in [-0.39, 0.29) is 11.6 Å². The first-order valence-electron chi connectivity index (χ1n) is 7.09. The number of carbonyl (C=O) groups excluding carboxylic acids is 1. The van der Waals surface area contributed by atoms with Gasteiger partial charge in [0.15, 0.2) is 0 Å². The molecule has 1 saturated heterocycles. The Balaban J connectivity index is 1.64. The van der Waals surface area contributed by atoms with Crippen molar-refractivity contribution in [1.29, 1.82) is 0 Å². The highest BCUT2D eigenvalue weighted by Gasteiger charge is 2.27. The fourth-order valence-corrected chi connectivity index (χ4v) is 2.35. The molecule has 104 valence electrons. The minimum atomic E-state index is -0.370. The van der Waals surface area contributed by atoms with Crippen molar-refractivity contribution < 1.29 is 9.53 Å². The summed E-state index contributed by atoms with van der Waals surface area (Å²) in [4.78, 5) is 16.5. The Labute approximate surface area is 110 Å². The van der Waals surface area contributed by atoms with Gasteiger partial charge in [-0.1, -0.05) is 0 Å².